The third-order valence-corrected chi connectivity index (χ3v) is 3.29. The van der Waals surface area contributed by atoms with Gasteiger partial charge in [0.05, 0.1) is 19.3 Å². The first-order valence-electron chi connectivity index (χ1n) is 7.25. The summed E-state index contributed by atoms with van der Waals surface area (Å²) in [6.45, 7) is 8.22. The highest BCUT2D eigenvalue weighted by Crippen LogP contribution is 2.23. The summed E-state index contributed by atoms with van der Waals surface area (Å²) >= 11 is 5.91. The Morgan fingerprint density at radius 1 is 1.15 bits per heavy atom. The van der Waals surface area contributed by atoms with Gasteiger partial charge >= 0.3 is 0 Å². The minimum Gasteiger partial charge on any atom is -0.379 e. The van der Waals surface area contributed by atoms with Crippen molar-refractivity contribution in [2.24, 2.45) is 11.7 Å². The van der Waals surface area contributed by atoms with Gasteiger partial charge in [-0.3, -0.25) is 0 Å². The molecule has 2 N–H and O–H groups in total. The van der Waals surface area contributed by atoms with Crippen LogP contribution >= 0.6 is 11.6 Å². The van der Waals surface area contributed by atoms with E-state index in [4.69, 9.17) is 26.8 Å². The van der Waals surface area contributed by atoms with Crippen LogP contribution in [0.3, 0.4) is 0 Å². The van der Waals surface area contributed by atoms with Crippen LogP contribution in [-0.2, 0) is 9.47 Å². The van der Waals surface area contributed by atoms with E-state index >= 15 is 0 Å². The fourth-order valence-electron chi connectivity index (χ4n) is 1.89. The molecule has 3 nitrogen and oxygen atoms in total. The van der Waals surface area contributed by atoms with Crippen LogP contribution in [0, 0.1) is 5.92 Å². The average Bonchev–Trinajstić information content (AvgIpc) is 2.43. The van der Waals surface area contributed by atoms with Gasteiger partial charge in [0.15, 0.2) is 0 Å². The van der Waals surface area contributed by atoms with Crippen LogP contribution < -0.4 is 5.73 Å². The predicted octanol–water partition coefficient (Wildman–Crippen LogP) is 3.81. The Bertz CT molecular complexity index is 367. The van der Waals surface area contributed by atoms with Gasteiger partial charge in [-0.05, 0) is 30.0 Å². The Hall–Kier alpha value is -0.610. The van der Waals surface area contributed by atoms with Crippen LogP contribution in [0.2, 0.25) is 5.02 Å². The van der Waals surface area contributed by atoms with Gasteiger partial charge in [-0.1, -0.05) is 44.5 Å². The summed E-state index contributed by atoms with van der Waals surface area (Å²) in [4.78, 5) is 0. The largest absolute Gasteiger partial charge is 0.379 e. The molecule has 0 heterocycles. The summed E-state index contributed by atoms with van der Waals surface area (Å²) in [6.07, 6.45) is 0.750. The van der Waals surface area contributed by atoms with Crippen molar-refractivity contribution in [2.75, 3.05) is 19.8 Å². The van der Waals surface area contributed by atoms with Crippen LogP contribution in [-0.4, -0.2) is 25.9 Å². The minimum atomic E-state index is -0.111. The van der Waals surface area contributed by atoms with Gasteiger partial charge in [0, 0.05) is 17.7 Å². The molecule has 0 bridgehead atoms. The Labute approximate surface area is 127 Å². The fraction of sp³-hybridized carbons (Fsp3) is 0.625. The van der Waals surface area contributed by atoms with E-state index in [-0.39, 0.29) is 12.1 Å². The smallest absolute Gasteiger partial charge is 0.0976 e. The van der Waals surface area contributed by atoms with E-state index in [2.05, 4.69) is 20.8 Å². The Balaban J connectivity index is 2.50. The molecular formula is C16H26ClNO2. The molecule has 0 spiro atoms. The van der Waals surface area contributed by atoms with Gasteiger partial charge in [-0.15, -0.1) is 0 Å². The van der Waals surface area contributed by atoms with E-state index < -0.39 is 0 Å². The average molecular weight is 300 g/mol. The van der Waals surface area contributed by atoms with E-state index in [1.165, 1.54) is 0 Å². The van der Waals surface area contributed by atoms with Gasteiger partial charge in [0.25, 0.3) is 0 Å². The third kappa shape index (κ3) is 6.23. The van der Waals surface area contributed by atoms with Crippen LogP contribution in [0.4, 0.5) is 0 Å². The number of hydrogen-bond acceptors (Lipinski definition) is 3. The number of rotatable bonds is 9. The summed E-state index contributed by atoms with van der Waals surface area (Å²) in [5.74, 6) is 0.542. The Morgan fingerprint density at radius 2 is 1.80 bits per heavy atom. The van der Waals surface area contributed by atoms with E-state index in [1.54, 1.807) is 0 Å². The number of benzene rings is 1. The maximum atomic E-state index is 6.15. The first kappa shape index (κ1) is 17.4. The van der Waals surface area contributed by atoms with Crippen LogP contribution in [0.15, 0.2) is 24.3 Å². The molecule has 1 rings (SSSR count). The number of hydrogen-bond donors (Lipinski definition) is 1. The molecule has 0 saturated heterocycles. The second-order valence-corrected chi connectivity index (χ2v) is 5.82. The molecule has 0 radical (unpaired) electrons. The molecule has 0 aliphatic rings. The molecule has 0 aliphatic heterocycles. The maximum absolute atomic E-state index is 6.15. The number of halogens is 1. The topological polar surface area (TPSA) is 44.5 Å². The highest BCUT2D eigenvalue weighted by molar-refractivity contribution is 6.30. The van der Waals surface area contributed by atoms with Crippen LogP contribution in [0.1, 0.15) is 38.9 Å². The summed E-state index contributed by atoms with van der Waals surface area (Å²) in [5.41, 5.74) is 7.21. The third-order valence-electron chi connectivity index (χ3n) is 3.04. The van der Waals surface area contributed by atoms with Gasteiger partial charge < -0.3 is 15.2 Å². The molecular weight excluding hydrogens is 274 g/mol. The lowest BCUT2D eigenvalue weighted by Crippen LogP contribution is -2.30. The van der Waals surface area contributed by atoms with Crippen molar-refractivity contribution in [1.29, 1.82) is 0 Å². The first-order chi connectivity index (χ1) is 9.54. The highest BCUT2D eigenvalue weighted by Gasteiger charge is 2.19. The summed E-state index contributed by atoms with van der Waals surface area (Å²) in [6, 6.07) is 7.64. The van der Waals surface area contributed by atoms with E-state index in [1.807, 2.05) is 24.3 Å². The molecule has 20 heavy (non-hydrogen) atoms. The lowest BCUT2D eigenvalue weighted by atomic mass is 10.0. The molecule has 2 unspecified atom stereocenters. The van der Waals surface area contributed by atoms with Gasteiger partial charge in [-0.25, -0.2) is 0 Å². The second kappa shape index (κ2) is 9.35. The van der Waals surface area contributed by atoms with Crippen molar-refractivity contribution in [2.45, 2.75) is 39.3 Å². The predicted molar refractivity (Wildman–Crippen MR) is 84.1 cm³/mol. The normalized spacial score (nSPS) is 14.5. The maximum Gasteiger partial charge on any atom is 0.0976 e. The SMILES string of the molecule is CCC(N)C(OCCOCC(C)C)c1ccc(Cl)cc1. The standard InChI is InChI=1S/C16H26ClNO2/c1-4-15(18)16(13-5-7-14(17)8-6-13)20-10-9-19-11-12(2)3/h5-8,12,15-16H,4,9-11,18H2,1-3H3. The van der Waals surface area contributed by atoms with E-state index in [0.717, 1.165) is 23.6 Å². The first-order valence-corrected chi connectivity index (χ1v) is 7.62. The summed E-state index contributed by atoms with van der Waals surface area (Å²) in [7, 11) is 0. The Morgan fingerprint density at radius 3 is 2.35 bits per heavy atom. The molecule has 0 aliphatic carbocycles. The summed E-state index contributed by atoms with van der Waals surface area (Å²) < 4.78 is 11.4. The van der Waals surface area contributed by atoms with E-state index in [0.29, 0.717) is 19.1 Å². The molecule has 0 aromatic heterocycles. The molecule has 1 aromatic carbocycles. The van der Waals surface area contributed by atoms with Gasteiger partial charge in [0.2, 0.25) is 0 Å². The summed E-state index contributed by atoms with van der Waals surface area (Å²) in [5, 5.41) is 0.720. The van der Waals surface area contributed by atoms with Gasteiger partial charge in [-0.2, -0.15) is 0 Å². The zero-order chi connectivity index (χ0) is 15.0. The Kier molecular flexibility index (Phi) is 8.15. The molecule has 0 fully saturated rings. The highest BCUT2D eigenvalue weighted by atomic mass is 35.5. The molecule has 1 aromatic rings. The van der Waals surface area contributed by atoms with Crippen LogP contribution in [0.25, 0.3) is 0 Å². The zero-order valence-electron chi connectivity index (χ0n) is 12.6. The van der Waals surface area contributed by atoms with Crippen LogP contribution in [0.5, 0.6) is 0 Å². The monoisotopic (exact) mass is 299 g/mol. The number of ether oxygens (including phenoxy) is 2. The van der Waals surface area contributed by atoms with E-state index in [9.17, 15) is 0 Å². The molecule has 0 amide bonds. The number of nitrogens with two attached hydrogens (primary N) is 1. The lowest BCUT2D eigenvalue weighted by molar-refractivity contribution is -0.0123. The van der Waals surface area contributed by atoms with Crippen molar-refractivity contribution >= 4 is 11.6 Å². The van der Waals surface area contributed by atoms with Crippen molar-refractivity contribution in [3.63, 3.8) is 0 Å². The minimum absolute atomic E-state index is 0.0266. The fourth-order valence-corrected chi connectivity index (χ4v) is 2.01. The second-order valence-electron chi connectivity index (χ2n) is 5.38. The zero-order valence-corrected chi connectivity index (χ0v) is 13.4. The molecule has 4 heteroatoms. The quantitative estimate of drug-likeness (QED) is 0.705. The van der Waals surface area contributed by atoms with Crippen molar-refractivity contribution in [3.8, 4) is 0 Å². The van der Waals surface area contributed by atoms with Crippen molar-refractivity contribution in [3.05, 3.63) is 34.9 Å². The molecule has 0 saturated carbocycles. The van der Waals surface area contributed by atoms with Crippen molar-refractivity contribution < 1.29 is 9.47 Å². The molecule has 114 valence electrons. The van der Waals surface area contributed by atoms with Crippen molar-refractivity contribution in [1.82, 2.24) is 0 Å². The van der Waals surface area contributed by atoms with Gasteiger partial charge in [0.1, 0.15) is 0 Å². The lowest BCUT2D eigenvalue weighted by Gasteiger charge is -2.24. The molecule has 2 atom stereocenters.